The lowest BCUT2D eigenvalue weighted by atomic mass is 10.2. The Morgan fingerprint density at radius 1 is 0.605 bits per heavy atom. The zero-order chi connectivity index (χ0) is 27.4. The molecule has 38 heavy (non-hydrogen) atoms. The highest BCUT2D eigenvalue weighted by Gasteiger charge is 2.02. The molecule has 0 aromatic heterocycles. The molecule has 0 fully saturated rings. The molecule has 0 unspecified atom stereocenters. The number of esters is 1. The van der Waals surface area contributed by atoms with Crippen LogP contribution in [0.1, 0.15) is 12.0 Å². The molecule has 0 aliphatic rings. The Labute approximate surface area is 225 Å². The van der Waals surface area contributed by atoms with Crippen molar-refractivity contribution in [2.24, 2.45) is 0 Å². The molecule has 0 radical (unpaired) electrons. The fourth-order valence-electron chi connectivity index (χ4n) is 2.68. The van der Waals surface area contributed by atoms with Gasteiger partial charge in [-0.05, 0) is 5.56 Å². The number of hydrogen-bond acceptors (Lipinski definition) is 11. The lowest BCUT2D eigenvalue weighted by molar-refractivity contribution is -0.141. The van der Waals surface area contributed by atoms with Crippen LogP contribution in [-0.4, -0.2) is 118 Å². The molecular weight excluding hydrogens is 502 g/mol. The van der Waals surface area contributed by atoms with Crippen molar-refractivity contribution in [3.8, 4) is 0 Å². The van der Waals surface area contributed by atoms with E-state index in [1.54, 1.807) is 0 Å². The summed E-state index contributed by atoms with van der Waals surface area (Å²) < 4.78 is 47.3. The molecular formula is C26H43NO11. The number of methoxy groups -OCH3 is 1. The minimum atomic E-state index is -0.471. The zero-order valence-corrected chi connectivity index (χ0v) is 22.4. The first-order valence-electron chi connectivity index (χ1n) is 12.8. The van der Waals surface area contributed by atoms with Crippen molar-refractivity contribution in [3.63, 3.8) is 0 Å². The Kier molecular flexibility index (Phi) is 23.3. The number of amides is 1. The van der Waals surface area contributed by atoms with Crippen LogP contribution in [0.25, 0.3) is 0 Å². The maximum atomic E-state index is 11.6. The SMILES string of the molecule is COC(=O)CCOCCOCCOCCOCCOCCOCCOCCNC(=O)OCc1ccccc1. The fourth-order valence-corrected chi connectivity index (χ4v) is 2.68. The minimum Gasteiger partial charge on any atom is -0.469 e. The van der Waals surface area contributed by atoms with Gasteiger partial charge in [-0.25, -0.2) is 4.79 Å². The van der Waals surface area contributed by atoms with Crippen LogP contribution in [0.5, 0.6) is 0 Å². The van der Waals surface area contributed by atoms with Gasteiger partial charge in [0.1, 0.15) is 6.61 Å². The van der Waals surface area contributed by atoms with Gasteiger partial charge in [0.05, 0.1) is 106 Å². The number of benzene rings is 1. The average molecular weight is 546 g/mol. The van der Waals surface area contributed by atoms with Crippen LogP contribution in [0.2, 0.25) is 0 Å². The van der Waals surface area contributed by atoms with E-state index < -0.39 is 6.09 Å². The summed E-state index contributed by atoms with van der Waals surface area (Å²) in [6, 6.07) is 9.49. The molecule has 0 saturated heterocycles. The molecule has 1 amide bonds. The molecule has 1 rings (SSSR count). The van der Waals surface area contributed by atoms with Crippen molar-refractivity contribution in [2.45, 2.75) is 13.0 Å². The van der Waals surface area contributed by atoms with Crippen LogP contribution in [-0.2, 0) is 54.0 Å². The smallest absolute Gasteiger partial charge is 0.407 e. The van der Waals surface area contributed by atoms with Crippen LogP contribution < -0.4 is 5.32 Å². The number of alkyl carbamates (subject to hydrolysis) is 1. The molecule has 0 atom stereocenters. The number of rotatable bonds is 26. The standard InChI is InChI=1S/C26H43NO11/c1-30-25(28)7-9-31-11-13-33-15-17-35-19-21-37-22-20-36-18-16-34-14-12-32-10-8-27-26(29)38-23-24-5-3-2-4-6-24/h2-6H,7-23H2,1H3,(H,27,29). The third-order valence-electron chi connectivity index (χ3n) is 4.64. The van der Waals surface area contributed by atoms with Crippen molar-refractivity contribution < 1.29 is 52.2 Å². The fraction of sp³-hybridized carbons (Fsp3) is 0.692. The van der Waals surface area contributed by atoms with Crippen molar-refractivity contribution in [3.05, 3.63) is 35.9 Å². The molecule has 12 heteroatoms. The van der Waals surface area contributed by atoms with Crippen LogP contribution in [0.15, 0.2) is 30.3 Å². The van der Waals surface area contributed by atoms with E-state index in [0.717, 1.165) is 5.56 Å². The van der Waals surface area contributed by atoms with Gasteiger partial charge in [-0.1, -0.05) is 30.3 Å². The normalized spacial score (nSPS) is 10.9. The van der Waals surface area contributed by atoms with Crippen LogP contribution >= 0.6 is 0 Å². The number of hydrogen-bond donors (Lipinski definition) is 1. The predicted octanol–water partition coefficient (Wildman–Crippen LogP) is 1.59. The monoisotopic (exact) mass is 545 g/mol. The molecule has 1 aromatic carbocycles. The maximum Gasteiger partial charge on any atom is 0.407 e. The number of ether oxygens (including phenoxy) is 9. The van der Waals surface area contributed by atoms with Gasteiger partial charge >= 0.3 is 12.1 Å². The quantitative estimate of drug-likeness (QED) is 0.135. The summed E-state index contributed by atoms with van der Waals surface area (Å²) in [6.45, 7) is 6.84. The summed E-state index contributed by atoms with van der Waals surface area (Å²) in [4.78, 5) is 22.5. The van der Waals surface area contributed by atoms with Crippen molar-refractivity contribution >= 4 is 12.1 Å². The van der Waals surface area contributed by atoms with E-state index in [9.17, 15) is 9.59 Å². The van der Waals surface area contributed by atoms with Gasteiger partial charge in [-0.3, -0.25) is 4.79 Å². The van der Waals surface area contributed by atoms with Gasteiger partial charge in [0, 0.05) is 6.54 Å². The Morgan fingerprint density at radius 2 is 1.03 bits per heavy atom. The van der Waals surface area contributed by atoms with Gasteiger partial charge in [0.2, 0.25) is 0 Å². The van der Waals surface area contributed by atoms with Crippen molar-refractivity contribution in [2.75, 3.05) is 106 Å². The van der Waals surface area contributed by atoms with E-state index in [1.165, 1.54) is 7.11 Å². The van der Waals surface area contributed by atoms with E-state index in [-0.39, 0.29) is 19.0 Å². The summed E-state index contributed by atoms with van der Waals surface area (Å²) in [5.74, 6) is -0.289. The predicted molar refractivity (Wildman–Crippen MR) is 137 cm³/mol. The highest BCUT2D eigenvalue weighted by Crippen LogP contribution is 2.00. The second-order valence-corrected chi connectivity index (χ2v) is 7.60. The third-order valence-corrected chi connectivity index (χ3v) is 4.64. The zero-order valence-electron chi connectivity index (χ0n) is 22.4. The molecule has 0 saturated carbocycles. The van der Waals surface area contributed by atoms with Gasteiger partial charge in [0.25, 0.3) is 0 Å². The molecule has 1 aromatic rings. The first kappa shape index (κ1) is 33.7. The molecule has 0 aliphatic carbocycles. The number of carbonyl (C=O) groups excluding carboxylic acids is 2. The summed E-state index contributed by atoms with van der Waals surface area (Å²) in [5.41, 5.74) is 0.936. The summed E-state index contributed by atoms with van der Waals surface area (Å²) in [6.07, 6.45) is -0.230. The summed E-state index contributed by atoms with van der Waals surface area (Å²) in [7, 11) is 1.35. The van der Waals surface area contributed by atoms with Gasteiger partial charge < -0.3 is 47.9 Å². The first-order chi connectivity index (χ1) is 18.7. The van der Waals surface area contributed by atoms with Gasteiger partial charge in [-0.2, -0.15) is 0 Å². The minimum absolute atomic E-state index is 0.237. The molecule has 0 bridgehead atoms. The highest BCUT2D eigenvalue weighted by molar-refractivity contribution is 5.69. The Hall–Kier alpha value is -2.32. The van der Waals surface area contributed by atoms with Crippen LogP contribution in [0.3, 0.4) is 0 Å². The highest BCUT2D eigenvalue weighted by atomic mass is 16.6. The van der Waals surface area contributed by atoms with Crippen LogP contribution in [0, 0.1) is 0 Å². The van der Waals surface area contributed by atoms with Gasteiger partial charge in [-0.15, -0.1) is 0 Å². The Bertz CT molecular complexity index is 678. The Balaban J connectivity index is 1.68. The van der Waals surface area contributed by atoms with E-state index >= 15 is 0 Å². The van der Waals surface area contributed by atoms with E-state index in [1.807, 2.05) is 30.3 Å². The average Bonchev–Trinajstić information content (AvgIpc) is 2.94. The largest absolute Gasteiger partial charge is 0.469 e. The lowest BCUT2D eigenvalue weighted by Crippen LogP contribution is -2.28. The molecule has 1 N–H and O–H groups in total. The second-order valence-electron chi connectivity index (χ2n) is 7.60. The van der Waals surface area contributed by atoms with Crippen molar-refractivity contribution in [1.29, 1.82) is 0 Å². The summed E-state index contributed by atoms with van der Waals surface area (Å²) >= 11 is 0. The van der Waals surface area contributed by atoms with E-state index in [0.29, 0.717) is 99.0 Å². The molecule has 0 heterocycles. The van der Waals surface area contributed by atoms with Crippen molar-refractivity contribution in [1.82, 2.24) is 5.32 Å². The lowest BCUT2D eigenvalue weighted by Gasteiger charge is -2.09. The molecule has 12 nitrogen and oxygen atoms in total. The van der Waals surface area contributed by atoms with E-state index in [4.69, 9.17) is 37.9 Å². The number of nitrogens with one attached hydrogen (secondary N) is 1. The van der Waals surface area contributed by atoms with E-state index in [2.05, 4.69) is 10.1 Å². The molecule has 0 aliphatic heterocycles. The first-order valence-corrected chi connectivity index (χ1v) is 12.8. The molecule has 218 valence electrons. The molecule has 0 spiro atoms. The number of carbonyl (C=O) groups is 2. The maximum absolute atomic E-state index is 11.6. The summed E-state index contributed by atoms with van der Waals surface area (Å²) in [5, 5.41) is 2.63. The third kappa shape index (κ3) is 22.8. The topological polar surface area (TPSA) is 129 Å². The van der Waals surface area contributed by atoms with Crippen LogP contribution in [0.4, 0.5) is 4.79 Å². The second kappa shape index (κ2) is 26.3. The van der Waals surface area contributed by atoms with Gasteiger partial charge in [0.15, 0.2) is 0 Å². The Morgan fingerprint density at radius 3 is 1.47 bits per heavy atom.